The maximum Gasteiger partial charge on any atom is 0.255 e. The van der Waals surface area contributed by atoms with E-state index < -0.39 is 0 Å². The van der Waals surface area contributed by atoms with Gasteiger partial charge in [0.05, 0.1) is 5.56 Å². The Morgan fingerprint density at radius 1 is 1.11 bits per heavy atom. The monoisotopic (exact) mass is 363 g/mol. The third-order valence-electron chi connectivity index (χ3n) is 5.64. The van der Waals surface area contributed by atoms with Crippen molar-refractivity contribution in [1.82, 2.24) is 29.7 Å². The van der Waals surface area contributed by atoms with E-state index in [1.165, 1.54) is 0 Å². The molecule has 2 unspecified atom stereocenters. The summed E-state index contributed by atoms with van der Waals surface area (Å²) in [5.74, 6) is 2.88. The zero-order valence-electron chi connectivity index (χ0n) is 15.2. The van der Waals surface area contributed by atoms with Crippen LogP contribution >= 0.6 is 0 Å². The van der Waals surface area contributed by atoms with Gasteiger partial charge in [-0.1, -0.05) is 6.92 Å². The van der Waals surface area contributed by atoms with Crippen LogP contribution in [0.2, 0.25) is 0 Å². The second-order valence-corrected chi connectivity index (χ2v) is 7.31. The molecule has 5 heterocycles. The van der Waals surface area contributed by atoms with Gasteiger partial charge in [0.2, 0.25) is 0 Å². The molecule has 2 aliphatic heterocycles. The van der Waals surface area contributed by atoms with Crippen LogP contribution in [-0.2, 0) is 6.42 Å². The third kappa shape index (κ3) is 2.72. The molecule has 2 aliphatic rings. The quantitative estimate of drug-likeness (QED) is 0.698. The van der Waals surface area contributed by atoms with Gasteiger partial charge >= 0.3 is 0 Å². The Bertz CT molecular complexity index is 972. The number of pyridine rings is 1. The van der Waals surface area contributed by atoms with Crippen molar-refractivity contribution in [3.05, 3.63) is 48.0 Å². The standard InChI is InChI=1S/C19H21N7O/c1-2-16-21-22-17-5-6-18(23-26(16)17)24-9-14-11-25(12-15(14)10-24)19(27)13-4-3-7-20-8-13/h3-8,14-15H,2,9-12H2,1H3. The van der Waals surface area contributed by atoms with Gasteiger partial charge < -0.3 is 9.80 Å². The molecule has 2 atom stereocenters. The zero-order chi connectivity index (χ0) is 18.4. The third-order valence-corrected chi connectivity index (χ3v) is 5.64. The van der Waals surface area contributed by atoms with Gasteiger partial charge in [-0.15, -0.1) is 15.3 Å². The fourth-order valence-electron chi connectivity index (χ4n) is 4.23. The second kappa shape index (κ2) is 6.29. The van der Waals surface area contributed by atoms with Crippen molar-refractivity contribution in [2.24, 2.45) is 11.8 Å². The van der Waals surface area contributed by atoms with E-state index >= 15 is 0 Å². The number of carbonyl (C=O) groups excluding carboxylic acids is 1. The first kappa shape index (κ1) is 16.2. The molecule has 1 amide bonds. The van der Waals surface area contributed by atoms with E-state index in [-0.39, 0.29) is 5.91 Å². The lowest BCUT2D eigenvalue weighted by atomic mass is 10.0. The number of hydrogen-bond donors (Lipinski definition) is 0. The summed E-state index contributed by atoms with van der Waals surface area (Å²) in [4.78, 5) is 21.0. The van der Waals surface area contributed by atoms with Crippen molar-refractivity contribution in [1.29, 1.82) is 0 Å². The van der Waals surface area contributed by atoms with Crippen LogP contribution in [0.1, 0.15) is 23.1 Å². The van der Waals surface area contributed by atoms with Gasteiger partial charge in [-0.2, -0.15) is 4.52 Å². The minimum Gasteiger partial charge on any atom is -0.354 e. The molecule has 5 rings (SSSR count). The van der Waals surface area contributed by atoms with E-state index in [1.807, 2.05) is 33.7 Å². The van der Waals surface area contributed by atoms with Crippen LogP contribution in [0.25, 0.3) is 5.65 Å². The molecule has 8 nitrogen and oxygen atoms in total. The molecule has 0 bridgehead atoms. The summed E-state index contributed by atoms with van der Waals surface area (Å²) in [6, 6.07) is 7.63. The number of amides is 1. The van der Waals surface area contributed by atoms with Crippen molar-refractivity contribution >= 4 is 17.4 Å². The van der Waals surface area contributed by atoms with Crippen molar-refractivity contribution in [3.63, 3.8) is 0 Å². The number of aryl methyl sites for hydroxylation is 1. The average Bonchev–Trinajstić information content (AvgIpc) is 3.40. The van der Waals surface area contributed by atoms with Crippen molar-refractivity contribution < 1.29 is 4.79 Å². The van der Waals surface area contributed by atoms with E-state index in [0.717, 1.165) is 49.9 Å². The largest absolute Gasteiger partial charge is 0.354 e. The molecule has 2 saturated heterocycles. The number of likely N-dealkylation sites (tertiary alicyclic amines) is 1. The normalized spacial score (nSPS) is 21.8. The Morgan fingerprint density at radius 3 is 2.63 bits per heavy atom. The van der Waals surface area contributed by atoms with Gasteiger partial charge in [0, 0.05) is 56.8 Å². The highest BCUT2D eigenvalue weighted by molar-refractivity contribution is 5.94. The molecule has 3 aromatic rings. The Balaban J connectivity index is 1.30. The highest BCUT2D eigenvalue weighted by Gasteiger charge is 2.42. The molecular formula is C19H21N7O. The maximum atomic E-state index is 12.7. The average molecular weight is 363 g/mol. The van der Waals surface area contributed by atoms with E-state index in [0.29, 0.717) is 17.4 Å². The van der Waals surface area contributed by atoms with Gasteiger partial charge in [0.25, 0.3) is 5.91 Å². The number of fused-ring (bicyclic) bond motifs is 2. The lowest BCUT2D eigenvalue weighted by Gasteiger charge is -2.22. The molecule has 0 spiro atoms. The SMILES string of the molecule is CCc1nnc2ccc(N3CC4CN(C(=O)c5cccnc5)CC4C3)nn12. The number of anilines is 1. The summed E-state index contributed by atoms with van der Waals surface area (Å²) in [6.07, 6.45) is 4.14. The number of nitrogens with zero attached hydrogens (tertiary/aromatic N) is 7. The zero-order valence-corrected chi connectivity index (χ0v) is 15.2. The highest BCUT2D eigenvalue weighted by atomic mass is 16.2. The number of aromatic nitrogens is 5. The lowest BCUT2D eigenvalue weighted by molar-refractivity contribution is 0.0782. The predicted octanol–water partition coefficient (Wildman–Crippen LogP) is 1.29. The van der Waals surface area contributed by atoms with E-state index in [9.17, 15) is 4.79 Å². The summed E-state index contributed by atoms with van der Waals surface area (Å²) < 4.78 is 1.83. The molecule has 3 aromatic heterocycles. The van der Waals surface area contributed by atoms with Crippen LogP contribution < -0.4 is 4.90 Å². The second-order valence-electron chi connectivity index (χ2n) is 7.31. The van der Waals surface area contributed by atoms with Crippen LogP contribution in [0.5, 0.6) is 0 Å². The number of rotatable bonds is 3. The minimum absolute atomic E-state index is 0.0840. The predicted molar refractivity (Wildman–Crippen MR) is 99.5 cm³/mol. The summed E-state index contributed by atoms with van der Waals surface area (Å²) >= 11 is 0. The summed E-state index contributed by atoms with van der Waals surface area (Å²) in [7, 11) is 0. The van der Waals surface area contributed by atoms with Crippen LogP contribution in [0, 0.1) is 11.8 Å². The molecule has 27 heavy (non-hydrogen) atoms. The van der Waals surface area contributed by atoms with E-state index in [4.69, 9.17) is 5.10 Å². The molecule has 0 aliphatic carbocycles. The van der Waals surface area contributed by atoms with Crippen LogP contribution in [0.4, 0.5) is 5.82 Å². The minimum atomic E-state index is 0.0840. The number of hydrogen-bond acceptors (Lipinski definition) is 6. The fourth-order valence-corrected chi connectivity index (χ4v) is 4.23. The Hall–Kier alpha value is -3.03. The van der Waals surface area contributed by atoms with Gasteiger partial charge in [-0.05, 0) is 24.3 Å². The van der Waals surface area contributed by atoms with Gasteiger partial charge in [-0.25, -0.2) is 0 Å². The fraction of sp³-hybridized carbons (Fsp3) is 0.421. The molecule has 0 saturated carbocycles. The summed E-state index contributed by atoms with van der Waals surface area (Å²) in [5, 5.41) is 13.1. The van der Waals surface area contributed by atoms with Gasteiger partial charge in [0.1, 0.15) is 5.82 Å². The van der Waals surface area contributed by atoms with Crippen molar-refractivity contribution in [3.8, 4) is 0 Å². The summed E-state index contributed by atoms with van der Waals surface area (Å²) in [6.45, 7) is 5.49. The maximum absolute atomic E-state index is 12.7. The summed E-state index contributed by atoms with van der Waals surface area (Å²) in [5.41, 5.74) is 1.45. The first-order valence-electron chi connectivity index (χ1n) is 9.38. The Labute approximate surface area is 156 Å². The Morgan fingerprint density at radius 2 is 1.93 bits per heavy atom. The topological polar surface area (TPSA) is 79.5 Å². The smallest absolute Gasteiger partial charge is 0.255 e. The molecule has 0 radical (unpaired) electrons. The first-order chi connectivity index (χ1) is 13.2. The first-order valence-corrected chi connectivity index (χ1v) is 9.38. The van der Waals surface area contributed by atoms with Gasteiger partial charge in [0.15, 0.2) is 11.5 Å². The van der Waals surface area contributed by atoms with Crippen LogP contribution in [-0.4, -0.2) is 61.8 Å². The Kier molecular flexibility index (Phi) is 3.77. The molecule has 0 aromatic carbocycles. The molecular weight excluding hydrogens is 342 g/mol. The van der Waals surface area contributed by atoms with Crippen LogP contribution in [0.15, 0.2) is 36.7 Å². The van der Waals surface area contributed by atoms with E-state index in [1.54, 1.807) is 12.4 Å². The van der Waals surface area contributed by atoms with Crippen molar-refractivity contribution in [2.75, 3.05) is 31.1 Å². The van der Waals surface area contributed by atoms with E-state index in [2.05, 4.69) is 27.0 Å². The molecule has 2 fully saturated rings. The van der Waals surface area contributed by atoms with Crippen molar-refractivity contribution in [2.45, 2.75) is 13.3 Å². The van der Waals surface area contributed by atoms with Gasteiger partial charge in [-0.3, -0.25) is 9.78 Å². The van der Waals surface area contributed by atoms with Crippen LogP contribution in [0.3, 0.4) is 0 Å². The highest BCUT2D eigenvalue weighted by Crippen LogP contribution is 2.33. The molecule has 8 heteroatoms. The lowest BCUT2D eigenvalue weighted by Crippen LogP contribution is -2.33. The number of carbonyl (C=O) groups is 1. The molecule has 138 valence electrons. The molecule has 0 N–H and O–H groups in total.